The lowest BCUT2D eigenvalue weighted by Crippen LogP contribution is -2.24. The molecule has 102 valence electrons. The van der Waals surface area contributed by atoms with Crippen LogP contribution in [0, 0.1) is 0 Å². The van der Waals surface area contributed by atoms with E-state index in [1.807, 2.05) is 26.0 Å². The number of hydrogen-bond acceptors (Lipinski definition) is 3. The van der Waals surface area contributed by atoms with Crippen LogP contribution in [0.3, 0.4) is 0 Å². The molecule has 0 spiro atoms. The summed E-state index contributed by atoms with van der Waals surface area (Å²) in [5.41, 5.74) is 0.962. The maximum absolute atomic E-state index is 9.72. The van der Waals surface area contributed by atoms with Crippen LogP contribution in [0.15, 0.2) is 18.2 Å². The third kappa shape index (κ3) is 4.16. The first kappa shape index (κ1) is 15.3. The molecule has 4 heteroatoms. The van der Waals surface area contributed by atoms with Crippen LogP contribution in [0.5, 0.6) is 5.75 Å². The van der Waals surface area contributed by atoms with Crippen molar-refractivity contribution in [3.8, 4) is 5.75 Å². The number of hydrogen-bond donors (Lipinski definition) is 2. The largest absolute Gasteiger partial charge is 0.494 e. The fourth-order valence-corrected chi connectivity index (χ4v) is 2.06. The van der Waals surface area contributed by atoms with Gasteiger partial charge in [0.15, 0.2) is 0 Å². The predicted molar refractivity (Wildman–Crippen MR) is 73.3 cm³/mol. The molecule has 3 atom stereocenters. The minimum Gasteiger partial charge on any atom is -0.494 e. The van der Waals surface area contributed by atoms with Crippen LogP contribution in [-0.4, -0.2) is 29.0 Å². The van der Waals surface area contributed by atoms with Gasteiger partial charge >= 0.3 is 0 Å². The molecule has 0 fully saturated rings. The van der Waals surface area contributed by atoms with Gasteiger partial charge in [-0.25, -0.2) is 0 Å². The van der Waals surface area contributed by atoms with Crippen molar-refractivity contribution in [2.75, 3.05) is 6.61 Å². The number of halogens is 1. The van der Waals surface area contributed by atoms with E-state index in [1.165, 1.54) is 0 Å². The standard InChI is InChI=1S/C14H21ClO3/c1-4-18-14-6-5-11(15)8-12(14)9(2)7-13(17)10(3)16/h5-6,8-10,13,16-17H,4,7H2,1-3H3. The van der Waals surface area contributed by atoms with Gasteiger partial charge in [0.25, 0.3) is 0 Å². The maximum atomic E-state index is 9.72. The number of aliphatic hydroxyl groups is 2. The lowest BCUT2D eigenvalue weighted by atomic mass is 9.92. The van der Waals surface area contributed by atoms with E-state index in [-0.39, 0.29) is 5.92 Å². The van der Waals surface area contributed by atoms with Crippen LogP contribution in [-0.2, 0) is 0 Å². The van der Waals surface area contributed by atoms with Gasteiger partial charge in [0, 0.05) is 5.02 Å². The second kappa shape index (κ2) is 6.98. The first-order chi connectivity index (χ1) is 8.45. The zero-order valence-electron chi connectivity index (χ0n) is 11.1. The average molecular weight is 273 g/mol. The smallest absolute Gasteiger partial charge is 0.122 e. The number of rotatable bonds is 6. The second-order valence-corrected chi connectivity index (χ2v) is 5.00. The van der Waals surface area contributed by atoms with Crippen LogP contribution in [0.2, 0.25) is 5.02 Å². The maximum Gasteiger partial charge on any atom is 0.122 e. The molecule has 1 aromatic rings. The molecule has 0 amide bonds. The summed E-state index contributed by atoms with van der Waals surface area (Å²) in [5, 5.41) is 19.7. The summed E-state index contributed by atoms with van der Waals surface area (Å²) in [6.07, 6.45) is -1.01. The highest BCUT2D eigenvalue weighted by molar-refractivity contribution is 6.30. The Kier molecular flexibility index (Phi) is 5.93. The second-order valence-electron chi connectivity index (χ2n) is 4.56. The molecule has 1 rings (SSSR count). The third-order valence-corrected chi connectivity index (χ3v) is 3.19. The van der Waals surface area contributed by atoms with Gasteiger partial charge in [0.2, 0.25) is 0 Å². The summed E-state index contributed by atoms with van der Waals surface area (Å²) in [4.78, 5) is 0. The number of benzene rings is 1. The van der Waals surface area contributed by atoms with E-state index in [9.17, 15) is 10.2 Å². The Morgan fingerprint density at radius 2 is 1.94 bits per heavy atom. The molecule has 3 unspecified atom stereocenters. The van der Waals surface area contributed by atoms with Gasteiger partial charge in [-0.05, 0) is 49.9 Å². The first-order valence-corrected chi connectivity index (χ1v) is 6.61. The highest BCUT2D eigenvalue weighted by Crippen LogP contribution is 2.32. The minimum absolute atomic E-state index is 0.0647. The van der Waals surface area contributed by atoms with Gasteiger partial charge in [-0.3, -0.25) is 0 Å². The predicted octanol–water partition coefficient (Wildman–Crippen LogP) is 2.97. The van der Waals surface area contributed by atoms with Crippen LogP contribution in [0.4, 0.5) is 0 Å². The first-order valence-electron chi connectivity index (χ1n) is 6.24. The lowest BCUT2D eigenvalue weighted by molar-refractivity contribution is 0.0226. The van der Waals surface area contributed by atoms with Crippen molar-refractivity contribution in [1.29, 1.82) is 0 Å². The Bertz CT molecular complexity index is 379. The molecule has 0 saturated carbocycles. The fraction of sp³-hybridized carbons (Fsp3) is 0.571. The van der Waals surface area contributed by atoms with Crippen molar-refractivity contribution < 1.29 is 14.9 Å². The molecule has 0 aromatic heterocycles. The van der Waals surface area contributed by atoms with E-state index >= 15 is 0 Å². The molecule has 0 heterocycles. The normalized spacial score (nSPS) is 16.1. The Balaban J connectivity index is 2.88. The fourth-order valence-electron chi connectivity index (χ4n) is 1.88. The Morgan fingerprint density at radius 3 is 2.50 bits per heavy atom. The molecule has 3 nitrogen and oxygen atoms in total. The average Bonchev–Trinajstić information content (AvgIpc) is 2.31. The van der Waals surface area contributed by atoms with E-state index in [0.717, 1.165) is 11.3 Å². The van der Waals surface area contributed by atoms with E-state index in [2.05, 4.69) is 0 Å². The Labute approximate surface area is 113 Å². The Hall–Kier alpha value is -0.770. The van der Waals surface area contributed by atoms with Gasteiger partial charge in [0.1, 0.15) is 5.75 Å². The van der Waals surface area contributed by atoms with Crippen molar-refractivity contribution in [3.63, 3.8) is 0 Å². The SMILES string of the molecule is CCOc1ccc(Cl)cc1C(C)CC(O)C(C)O. The molecule has 0 aliphatic carbocycles. The topological polar surface area (TPSA) is 49.7 Å². The van der Waals surface area contributed by atoms with Crippen molar-refractivity contribution in [1.82, 2.24) is 0 Å². The minimum atomic E-state index is -0.742. The third-order valence-electron chi connectivity index (χ3n) is 2.95. The van der Waals surface area contributed by atoms with E-state index in [4.69, 9.17) is 16.3 Å². The molecule has 2 N–H and O–H groups in total. The van der Waals surface area contributed by atoms with Crippen molar-refractivity contribution in [2.24, 2.45) is 0 Å². The van der Waals surface area contributed by atoms with Gasteiger partial charge in [0.05, 0.1) is 18.8 Å². The summed E-state index contributed by atoms with van der Waals surface area (Å²) in [7, 11) is 0. The molecule has 0 aliphatic heterocycles. The summed E-state index contributed by atoms with van der Waals surface area (Å²) in [5.74, 6) is 0.849. The molecule has 0 bridgehead atoms. The van der Waals surface area contributed by atoms with Gasteiger partial charge in [-0.15, -0.1) is 0 Å². The highest BCUT2D eigenvalue weighted by atomic mass is 35.5. The summed E-state index contributed by atoms with van der Waals surface area (Å²) >= 11 is 5.99. The van der Waals surface area contributed by atoms with Gasteiger partial charge in [-0.1, -0.05) is 18.5 Å². The quantitative estimate of drug-likeness (QED) is 0.837. The molecule has 0 saturated heterocycles. The van der Waals surface area contributed by atoms with E-state index in [1.54, 1.807) is 13.0 Å². The lowest BCUT2D eigenvalue weighted by Gasteiger charge is -2.21. The zero-order chi connectivity index (χ0) is 13.7. The zero-order valence-corrected chi connectivity index (χ0v) is 11.8. The van der Waals surface area contributed by atoms with Crippen molar-refractivity contribution in [3.05, 3.63) is 28.8 Å². The monoisotopic (exact) mass is 272 g/mol. The summed E-state index contributed by atoms with van der Waals surface area (Å²) in [6.45, 7) is 6.08. The van der Waals surface area contributed by atoms with E-state index < -0.39 is 12.2 Å². The van der Waals surface area contributed by atoms with E-state index in [0.29, 0.717) is 18.1 Å². The van der Waals surface area contributed by atoms with Crippen LogP contribution < -0.4 is 4.74 Å². The highest BCUT2D eigenvalue weighted by Gasteiger charge is 2.19. The molecular weight excluding hydrogens is 252 g/mol. The van der Waals surface area contributed by atoms with Crippen LogP contribution in [0.25, 0.3) is 0 Å². The van der Waals surface area contributed by atoms with Gasteiger partial charge in [-0.2, -0.15) is 0 Å². The molecule has 0 aliphatic rings. The molecular formula is C14H21ClO3. The molecule has 0 radical (unpaired) electrons. The van der Waals surface area contributed by atoms with Crippen LogP contribution in [0.1, 0.15) is 38.7 Å². The number of aliphatic hydroxyl groups excluding tert-OH is 2. The van der Waals surface area contributed by atoms with Crippen LogP contribution >= 0.6 is 11.6 Å². The van der Waals surface area contributed by atoms with Crippen molar-refractivity contribution in [2.45, 2.75) is 45.3 Å². The summed E-state index contributed by atoms with van der Waals surface area (Å²) < 4.78 is 5.55. The number of ether oxygens (including phenoxy) is 1. The molecule has 18 heavy (non-hydrogen) atoms. The van der Waals surface area contributed by atoms with Crippen molar-refractivity contribution >= 4 is 11.6 Å². The molecule has 1 aromatic carbocycles. The van der Waals surface area contributed by atoms with Gasteiger partial charge < -0.3 is 14.9 Å². The Morgan fingerprint density at radius 1 is 1.28 bits per heavy atom. The summed E-state index contributed by atoms with van der Waals surface area (Å²) in [6, 6.07) is 5.48.